The number of thiazole rings is 1. The second kappa shape index (κ2) is 7.77. The summed E-state index contributed by atoms with van der Waals surface area (Å²) in [5.74, 6) is -0.403. The summed E-state index contributed by atoms with van der Waals surface area (Å²) >= 11 is 1.31. The van der Waals surface area contributed by atoms with Gasteiger partial charge in [-0.1, -0.05) is 36.4 Å². The maximum Gasteiger partial charge on any atom is 0.257 e. The minimum Gasteiger partial charge on any atom is -0.298 e. The first kappa shape index (κ1) is 18.2. The van der Waals surface area contributed by atoms with E-state index >= 15 is 0 Å². The molecular weight excluding hydrogens is 370 g/mol. The van der Waals surface area contributed by atoms with Gasteiger partial charge in [0.05, 0.1) is 10.6 Å². The number of amides is 1. The third kappa shape index (κ3) is 4.54. The predicted molar refractivity (Wildman–Crippen MR) is 102 cm³/mol. The van der Waals surface area contributed by atoms with Crippen LogP contribution in [0.25, 0.3) is 0 Å². The van der Waals surface area contributed by atoms with Crippen molar-refractivity contribution >= 4 is 32.4 Å². The molecule has 1 amide bonds. The number of hydrogen-bond donors (Lipinski definition) is 2. The standard InChI is InChI=1S/C18H17N3O3S2/c1-13-12-25-18(20-13)21-17(22)15-8-5-9-16(10-15)26(23,24)19-11-14-6-3-2-4-7-14/h2-10,12,19H,11H2,1H3,(H,20,21,22). The lowest BCUT2D eigenvalue weighted by Crippen LogP contribution is -2.23. The van der Waals surface area contributed by atoms with E-state index in [9.17, 15) is 13.2 Å². The van der Waals surface area contributed by atoms with Crippen molar-refractivity contribution < 1.29 is 13.2 Å². The normalized spacial score (nSPS) is 11.3. The Bertz CT molecular complexity index is 1010. The fraction of sp³-hybridized carbons (Fsp3) is 0.111. The number of sulfonamides is 1. The van der Waals surface area contributed by atoms with Gasteiger partial charge in [0.25, 0.3) is 5.91 Å². The van der Waals surface area contributed by atoms with Crippen LogP contribution in [0.2, 0.25) is 0 Å². The van der Waals surface area contributed by atoms with Crippen molar-refractivity contribution in [3.05, 3.63) is 76.8 Å². The third-order valence-corrected chi connectivity index (χ3v) is 5.83. The molecule has 2 aromatic carbocycles. The Morgan fingerprint density at radius 1 is 1.12 bits per heavy atom. The molecule has 0 bridgehead atoms. The molecule has 3 aromatic rings. The molecule has 134 valence electrons. The van der Waals surface area contributed by atoms with Crippen LogP contribution in [0.3, 0.4) is 0 Å². The highest BCUT2D eigenvalue weighted by Crippen LogP contribution is 2.17. The van der Waals surface area contributed by atoms with E-state index in [1.807, 2.05) is 42.6 Å². The number of nitrogens with zero attached hydrogens (tertiary/aromatic N) is 1. The van der Waals surface area contributed by atoms with Crippen LogP contribution < -0.4 is 10.0 Å². The van der Waals surface area contributed by atoms with E-state index in [-0.39, 0.29) is 17.0 Å². The lowest BCUT2D eigenvalue weighted by atomic mass is 10.2. The zero-order valence-corrected chi connectivity index (χ0v) is 15.6. The van der Waals surface area contributed by atoms with Crippen molar-refractivity contribution in [2.45, 2.75) is 18.4 Å². The number of hydrogen-bond acceptors (Lipinski definition) is 5. The largest absolute Gasteiger partial charge is 0.298 e. The molecular formula is C18H17N3O3S2. The number of carbonyl (C=O) groups excluding carboxylic acids is 1. The van der Waals surface area contributed by atoms with Crippen LogP contribution in [0.15, 0.2) is 64.9 Å². The Hall–Kier alpha value is -2.55. The predicted octanol–water partition coefficient (Wildman–Crippen LogP) is 3.18. The van der Waals surface area contributed by atoms with E-state index < -0.39 is 15.9 Å². The quantitative estimate of drug-likeness (QED) is 0.680. The molecule has 3 rings (SSSR count). The Morgan fingerprint density at radius 3 is 2.58 bits per heavy atom. The second-order valence-electron chi connectivity index (χ2n) is 5.59. The summed E-state index contributed by atoms with van der Waals surface area (Å²) < 4.78 is 27.5. The number of carbonyl (C=O) groups is 1. The number of anilines is 1. The van der Waals surface area contributed by atoms with E-state index in [2.05, 4.69) is 15.0 Å². The minimum atomic E-state index is -3.73. The molecule has 0 aliphatic heterocycles. The number of aromatic nitrogens is 1. The van der Waals surface area contributed by atoms with Crippen molar-refractivity contribution in [1.29, 1.82) is 0 Å². The van der Waals surface area contributed by atoms with Gasteiger partial charge in [0.15, 0.2) is 5.13 Å². The maximum atomic E-state index is 12.5. The van der Waals surface area contributed by atoms with Gasteiger partial charge >= 0.3 is 0 Å². The van der Waals surface area contributed by atoms with E-state index in [1.54, 1.807) is 12.1 Å². The van der Waals surface area contributed by atoms with Crippen LogP contribution in [0.4, 0.5) is 5.13 Å². The smallest absolute Gasteiger partial charge is 0.257 e. The van der Waals surface area contributed by atoms with Crippen molar-refractivity contribution in [3.63, 3.8) is 0 Å². The van der Waals surface area contributed by atoms with Gasteiger partial charge in [-0.25, -0.2) is 18.1 Å². The first-order chi connectivity index (χ1) is 12.4. The van der Waals surface area contributed by atoms with Gasteiger partial charge in [-0.05, 0) is 30.7 Å². The lowest BCUT2D eigenvalue weighted by molar-refractivity contribution is 0.102. The van der Waals surface area contributed by atoms with Gasteiger partial charge < -0.3 is 0 Å². The van der Waals surface area contributed by atoms with Gasteiger partial charge in [0.1, 0.15) is 0 Å². The Balaban J connectivity index is 1.74. The highest BCUT2D eigenvalue weighted by atomic mass is 32.2. The first-order valence-electron chi connectivity index (χ1n) is 7.81. The number of benzene rings is 2. The summed E-state index contributed by atoms with van der Waals surface area (Å²) in [6, 6.07) is 15.1. The van der Waals surface area contributed by atoms with Gasteiger partial charge in [-0.15, -0.1) is 11.3 Å². The number of nitrogens with one attached hydrogen (secondary N) is 2. The molecule has 1 heterocycles. The van der Waals surface area contributed by atoms with Crippen LogP contribution in [0.5, 0.6) is 0 Å². The van der Waals surface area contributed by atoms with Crippen LogP contribution in [-0.4, -0.2) is 19.3 Å². The summed E-state index contributed by atoms with van der Waals surface area (Å²) in [5.41, 5.74) is 1.91. The zero-order valence-electron chi connectivity index (χ0n) is 14.0. The maximum absolute atomic E-state index is 12.5. The first-order valence-corrected chi connectivity index (χ1v) is 10.2. The summed E-state index contributed by atoms with van der Waals surface area (Å²) in [5, 5.41) is 4.97. The molecule has 0 spiro atoms. The topological polar surface area (TPSA) is 88.2 Å². The molecule has 0 saturated carbocycles. The summed E-state index contributed by atoms with van der Waals surface area (Å²) in [7, 11) is -3.73. The van der Waals surface area contributed by atoms with Gasteiger partial charge in [0.2, 0.25) is 10.0 Å². The zero-order chi connectivity index (χ0) is 18.6. The summed E-state index contributed by atoms with van der Waals surface area (Å²) in [6.07, 6.45) is 0. The fourth-order valence-corrected chi connectivity index (χ4v) is 3.99. The molecule has 0 aliphatic carbocycles. The molecule has 26 heavy (non-hydrogen) atoms. The van der Waals surface area contributed by atoms with Crippen molar-refractivity contribution in [3.8, 4) is 0 Å². The van der Waals surface area contributed by atoms with Crippen LogP contribution in [-0.2, 0) is 16.6 Å². The van der Waals surface area contributed by atoms with E-state index in [1.165, 1.54) is 23.5 Å². The number of rotatable bonds is 6. The molecule has 0 fully saturated rings. The van der Waals surface area contributed by atoms with E-state index in [0.29, 0.717) is 5.13 Å². The monoisotopic (exact) mass is 387 g/mol. The fourth-order valence-electron chi connectivity index (χ4n) is 2.24. The van der Waals surface area contributed by atoms with Crippen molar-refractivity contribution in [1.82, 2.24) is 9.71 Å². The Kier molecular flexibility index (Phi) is 5.46. The van der Waals surface area contributed by atoms with Gasteiger partial charge in [-0.2, -0.15) is 0 Å². The SMILES string of the molecule is Cc1csc(NC(=O)c2cccc(S(=O)(=O)NCc3ccccc3)c2)n1. The lowest BCUT2D eigenvalue weighted by Gasteiger charge is -2.08. The van der Waals surface area contributed by atoms with Crippen molar-refractivity contribution in [2.24, 2.45) is 0 Å². The highest BCUT2D eigenvalue weighted by molar-refractivity contribution is 7.89. The molecule has 1 aromatic heterocycles. The van der Waals surface area contributed by atoms with E-state index in [4.69, 9.17) is 0 Å². The molecule has 0 aliphatic rings. The minimum absolute atomic E-state index is 0.0383. The molecule has 2 N–H and O–H groups in total. The van der Waals surface area contributed by atoms with Gasteiger partial charge in [-0.3, -0.25) is 10.1 Å². The van der Waals surface area contributed by atoms with Crippen molar-refractivity contribution in [2.75, 3.05) is 5.32 Å². The highest BCUT2D eigenvalue weighted by Gasteiger charge is 2.16. The van der Waals surface area contributed by atoms with Crippen LogP contribution in [0.1, 0.15) is 21.6 Å². The average molecular weight is 387 g/mol. The molecule has 0 saturated heterocycles. The Morgan fingerprint density at radius 2 is 1.88 bits per heavy atom. The second-order valence-corrected chi connectivity index (χ2v) is 8.21. The molecule has 0 atom stereocenters. The van der Waals surface area contributed by atoms with Gasteiger partial charge in [0, 0.05) is 17.5 Å². The Labute approximate surface area is 156 Å². The summed E-state index contributed by atoms with van der Waals surface area (Å²) in [6.45, 7) is 2.01. The van der Waals surface area contributed by atoms with E-state index in [0.717, 1.165) is 11.3 Å². The average Bonchev–Trinajstić information content (AvgIpc) is 3.06. The van der Waals surface area contributed by atoms with Crippen LogP contribution in [0, 0.1) is 6.92 Å². The third-order valence-electron chi connectivity index (χ3n) is 3.56. The molecule has 6 nitrogen and oxygen atoms in total. The van der Waals surface area contributed by atoms with Crippen LogP contribution >= 0.6 is 11.3 Å². The molecule has 0 unspecified atom stereocenters. The number of aryl methyl sites for hydroxylation is 1. The summed E-state index contributed by atoms with van der Waals surface area (Å²) in [4.78, 5) is 16.5. The molecule has 0 radical (unpaired) electrons. The molecule has 8 heteroatoms.